The van der Waals surface area contributed by atoms with E-state index in [1.54, 1.807) is 24.5 Å². The van der Waals surface area contributed by atoms with Gasteiger partial charge in [0.15, 0.2) is 0 Å². The van der Waals surface area contributed by atoms with Gasteiger partial charge in [-0.05, 0) is 29.3 Å². The number of benzene rings is 1. The van der Waals surface area contributed by atoms with E-state index >= 15 is 0 Å². The molecule has 6 nitrogen and oxygen atoms in total. The van der Waals surface area contributed by atoms with Gasteiger partial charge in [-0.25, -0.2) is 0 Å². The van der Waals surface area contributed by atoms with Gasteiger partial charge in [0.05, 0.1) is 4.92 Å². The molecule has 8 heteroatoms. The van der Waals surface area contributed by atoms with Crippen molar-refractivity contribution in [1.29, 1.82) is 0 Å². The smallest absolute Gasteiger partial charge is 0.269 e. The number of hydrogen-bond acceptors (Lipinski definition) is 5. The molecule has 1 fully saturated rings. The molecule has 128 valence electrons. The van der Waals surface area contributed by atoms with E-state index in [0.717, 1.165) is 25.2 Å². The lowest BCUT2D eigenvalue weighted by Crippen LogP contribution is -2.45. The first-order valence-electron chi connectivity index (χ1n) is 7.42. The van der Waals surface area contributed by atoms with Crippen LogP contribution >= 0.6 is 24.0 Å². The summed E-state index contributed by atoms with van der Waals surface area (Å²) in [6.45, 7) is 3.14. The summed E-state index contributed by atoms with van der Waals surface area (Å²) >= 11 is 6.24. The highest BCUT2D eigenvalue weighted by atomic mass is 35.5. The van der Waals surface area contributed by atoms with Crippen LogP contribution in [0.1, 0.15) is 17.2 Å². The Kier molecular flexibility index (Phi) is 6.51. The number of hydrogen-bond donors (Lipinski definition) is 1. The standard InChI is InChI=1S/C16H17ClN4O2.ClH/c17-15-2-1-14(21(22)23)9-13(15)11-20-8-7-19-10-16(20)12-3-5-18-6-4-12;/h1-6,9,16,19H,7-8,10-11H2;1H. The third kappa shape index (κ3) is 4.21. The van der Waals surface area contributed by atoms with Gasteiger partial charge in [0.1, 0.15) is 0 Å². The molecule has 1 atom stereocenters. The van der Waals surface area contributed by atoms with Crippen molar-refractivity contribution in [1.82, 2.24) is 15.2 Å². The molecule has 0 amide bonds. The molecule has 1 aliphatic heterocycles. The lowest BCUT2D eigenvalue weighted by molar-refractivity contribution is -0.384. The molecule has 24 heavy (non-hydrogen) atoms. The molecule has 0 bridgehead atoms. The predicted octanol–water partition coefficient (Wildman–Crippen LogP) is 3.21. The lowest BCUT2D eigenvalue weighted by Gasteiger charge is -2.36. The zero-order valence-corrected chi connectivity index (χ0v) is 14.5. The number of rotatable bonds is 4. The molecule has 1 N–H and O–H groups in total. The number of nitrogens with one attached hydrogen (secondary N) is 1. The molecule has 1 aromatic carbocycles. The predicted molar refractivity (Wildman–Crippen MR) is 95.6 cm³/mol. The maximum Gasteiger partial charge on any atom is 0.269 e. The zero-order valence-electron chi connectivity index (χ0n) is 12.9. The normalized spacial score (nSPS) is 18.0. The van der Waals surface area contributed by atoms with Crippen molar-refractivity contribution in [2.45, 2.75) is 12.6 Å². The molecule has 1 aliphatic rings. The van der Waals surface area contributed by atoms with Gasteiger partial charge in [0, 0.05) is 61.8 Å². The minimum Gasteiger partial charge on any atom is -0.314 e. The van der Waals surface area contributed by atoms with Gasteiger partial charge < -0.3 is 5.32 Å². The van der Waals surface area contributed by atoms with Crippen molar-refractivity contribution >= 4 is 29.7 Å². The first-order valence-corrected chi connectivity index (χ1v) is 7.80. The van der Waals surface area contributed by atoms with E-state index in [1.165, 1.54) is 11.6 Å². The van der Waals surface area contributed by atoms with Gasteiger partial charge in [0.25, 0.3) is 5.69 Å². The fourth-order valence-corrected chi connectivity index (χ4v) is 3.04. The Morgan fingerprint density at radius 2 is 2.08 bits per heavy atom. The van der Waals surface area contributed by atoms with Crippen LogP contribution in [-0.2, 0) is 6.54 Å². The quantitative estimate of drug-likeness (QED) is 0.662. The minimum absolute atomic E-state index is 0. The van der Waals surface area contributed by atoms with E-state index < -0.39 is 4.92 Å². The second-order valence-electron chi connectivity index (χ2n) is 5.50. The van der Waals surface area contributed by atoms with Crippen LogP contribution in [0.4, 0.5) is 5.69 Å². The molecule has 0 radical (unpaired) electrons. The number of pyridine rings is 1. The third-order valence-corrected chi connectivity index (χ3v) is 4.43. The summed E-state index contributed by atoms with van der Waals surface area (Å²) in [5, 5.41) is 14.9. The Morgan fingerprint density at radius 3 is 2.79 bits per heavy atom. The van der Waals surface area contributed by atoms with Crippen LogP contribution in [0.25, 0.3) is 0 Å². The van der Waals surface area contributed by atoms with Crippen LogP contribution in [0.5, 0.6) is 0 Å². The zero-order chi connectivity index (χ0) is 16.2. The molecule has 2 heterocycles. The Bertz CT molecular complexity index is 700. The highest BCUT2D eigenvalue weighted by Crippen LogP contribution is 2.28. The fraction of sp³-hybridized carbons (Fsp3) is 0.312. The maximum atomic E-state index is 11.0. The summed E-state index contributed by atoms with van der Waals surface area (Å²) in [7, 11) is 0. The Balaban J connectivity index is 0.00000208. The summed E-state index contributed by atoms with van der Waals surface area (Å²) in [5.41, 5.74) is 2.02. The fourth-order valence-electron chi connectivity index (χ4n) is 2.86. The van der Waals surface area contributed by atoms with Crippen molar-refractivity contribution in [2.75, 3.05) is 19.6 Å². The molecule has 1 unspecified atom stereocenters. The number of nitro benzene ring substituents is 1. The van der Waals surface area contributed by atoms with Crippen molar-refractivity contribution in [3.63, 3.8) is 0 Å². The molecular weight excluding hydrogens is 351 g/mol. The van der Waals surface area contributed by atoms with Crippen LogP contribution in [0, 0.1) is 10.1 Å². The van der Waals surface area contributed by atoms with Crippen molar-refractivity contribution < 1.29 is 4.92 Å². The average molecular weight is 369 g/mol. The number of nitro groups is 1. The highest BCUT2D eigenvalue weighted by molar-refractivity contribution is 6.31. The van der Waals surface area contributed by atoms with Crippen LogP contribution in [0.15, 0.2) is 42.7 Å². The molecular formula is C16H18Cl2N4O2. The Labute approximate surface area is 151 Å². The molecule has 3 rings (SSSR count). The number of halogens is 2. The maximum absolute atomic E-state index is 11.0. The van der Waals surface area contributed by atoms with Crippen LogP contribution in [0.2, 0.25) is 5.02 Å². The van der Waals surface area contributed by atoms with Gasteiger partial charge in [0.2, 0.25) is 0 Å². The highest BCUT2D eigenvalue weighted by Gasteiger charge is 2.25. The van der Waals surface area contributed by atoms with E-state index in [9.17, 15) is 10.1 Å². The first kappa shape index (κ1) is 18.6. The van der Waals surface area contributed by atoms with E-state index in [4.69, 9.17) is 11.6 Å². The van der Waals surface area contributed by atoms with Gasteiger partial charge in [-0.3, -0.25) is 20.0 Å². The van der Waals surface area contributed by atoms with Crippen molar-refractivity contribution in [3.05, 3.63) is 69.0 Å². The van der Waals surface area contributed by atoms with Crippen molar-refractivity contribution in [3.8, 4) is 0 Å². The van der Waals surface area contributed by atoms with Gasteiger partial charge in [-0.1, -0.05) is 11.6 Å². The Morgan fingerprint density at radius 1 is 1.33 bits per heavy atom. The summed E-state index contributed by atoms with van der Waals surface area (Å²) in [4.78, 5) is 16.9. The number of non-ortho nitro benzene ring substituents is 1. The van der Waals surface area contributed by atoms with E-state index in [2.05, 4.69) is 15.2 Å². The van der Waals surface area contributed by atoms with Crippen LogP contribution < -0.4 is 5.32 Å². The monoisotopic (exact) mass is 368 g/mol. The number of nitrogens with zero attached hydrogens (tertiary/aromatic N) is 3. The molecule has 1 aromatic heterocycles. The summed E-state index contributed by atoms with van der Waals surface area (Å²) in [6.07, 6.45) is 3.56. The van der Waals surface area contributed by atoms with E-state index in [1.807, 2.05) is 12.1 Å². The second-order valence-corrected chi connectivity index (χ2v) is 5.91. The second kappa shape index (κ2) is 8.39. The summed E-state index contributed by atoms with van der Waals surface area (Å²) < 4.78 is 0. The van der Waals surface area contributed by atoms with Crippen LogP contribution in [-0.4, -0.2) is 34.4 Å². The van der Waals surface area contributed by atoms with Gasteiger partial charge in [-0.15, -0.1) is 12.4 Å². The molecule has 2 aromatic rings. The van der Waals surface area contributed by atoms with E-state index in [-0.39, 0.29) is 24.1 Å². The average Bonchev–Trinajstić information content (AvgIpc) is 2.58. The summed E-state index contributed by atoms with van der Waals surface area (Å²) in [6, 6.07) is 8.79. The molecule has 0 aliphatic carbocycles. The Hall–Kier alpha value is -1.73. The molecule has 0 spiro atoms. The summed E-state index contributed by atoms with van der Waals surface area (Å²) in [5.74, 6) is 0. The van der Waals surface area contributed by atoms with Gasteiger partial charge in [-0.2, -0.15) is 0 Å². The van der Waals surface area contributed by atoms with Crippen molar-refractivity contribution in [2.24, 2.45) is 0 Å². The largest absolute Gasteiger partial charge is 0.314 e. The van der Waals surface area contributed by atoms with Crippen LogP contribution in [0.3, 0.4) is 0 Å². The third-order valence-electron chi connectivity index (χ3n) is 4.06. The SMILES string of the molecule is Cl.O=[N+]([O-])c1ccc(Cl)c(CN2CCNCC2c2ccncc2)c1. The number of piperazine rings is 1. The topological polar surface area (TPSA) is 71.3 Å². The van der Waals surface area contributed by atoms with E-state index in [0.29, 0.717) is 11.6 Å². The minimum atomic E-state index is -0.391. The first-order chi connectivity index (χ1) is 11.1. The van der Waals surface area contributed by atoms with Gasteiger partial charge >= 0.3 is 0 Å². The number of aromatic nitrogens is 1. The molecule has 0 saturated carbocycles. The lowest BCUT2D eigenvalue weighted by atomic mass is 10.0. The molecule has 1 saturated heterocycles.